The standard InChI is InChI=1S/C11H20N2O4S/c1-13(9-5-12-6-10(9)14)11(15)4-8-2-3-18(16,17)7-8/h8-10,12,14H,2-7H2,1H3/t8?,9-,10-/m1/s1. The van der Waals surface area contributed by atoms with Crippen LogP contribution >= 0.6 is 0 Å². The molecule has 2 aliphatic rings. The molecule has 0 spiro atoms. The van der Waals surface area contributed by atoms with Gasteiger partial charge in [-0.1, -0.05) is 0 Å². The first kappa shape index (κ1) is 13.8. The highest BCUT2D eigenvalue weighted by atomic mass is 32.2. The number of likely N-dealkylation sites (N-methyl/N-ethyl adjacent to an activating group) is 1. The fourth-order valence-electron chi connectivity index (χ4n) is 2.66. The molecule has 6 nitrogen and oxygen atoms in total. The van der Waals surface area contributed by atoms with Crippen molar-refractivity contribution < 1.29 is 18.3 Å². The molecule has 0 aliphatic carbocycles. The molecule has 2 heterocycles. The molecular formula is C11H20N2O4S. The number of carbonyl (C=O) groups excluding carboxylic acids is 1. The molecule has 2 rings (SSSR count). The molecule has 3 atom stereocenters. The Kier molecular flexibility index (Phi) is 3.93. The summed E-state index contributed by atoms with van der Waals surface area (Å²) in [6.45, 7) is 1.09. The van der Waals surface area contributed by atoms with Crippen LogP contribution in [0.25, 0.3) is 0 Å². The third kappa shape index (κ3) is 3.02. The monoisotopic (exact) mass is 276 g/mol. The number of amides is 1. The Bertz CT molecular complexity index is 423. The number of carbonyl (C=O) groups is 1. The molecule has 1 amide bonds. The van der Waals surface area contributed by atoms with Gasteiger partial charge in [-0.2, -0.15) is 0 Å². The Morgan fingerprint density at radius 2 is 2.17 bits per heavy atom. The average Bonchev–Trinajstić information content (AvgIpc) is 2.84. The number of nitrogens with zero attached hydrogens (tertiary/aromatic N) is 1. The number of hydrogen-bond donors (Lipinski definition) is 2. The minimum Gasteiger partial charge on any atom is -0.390 e. The average molecular weight is 276 g/mol. The van der Waals surface area contributed by atoms with E-state index in [1.54, 1.807) is 11.9 Å². The first-order valence-corrected chi connectivity index (χ1v) is 8.06. The summed E-state index contributed by atoms with van der Waals surface area (Å²) in [5.74, 6) is 0.182. The summed E-state index contributed by atoms with van der Waals surface area (Å²) in [6, 6.07) is -0.199. The first-order valence-electron chi connectivity index (χ1n) is 6.24. The van der Waals surface area contributed by atoms with Gasteiger partial charge >= 0.3 is 0 Å². The quantitative estimate of drug-likeness (QED) is 0.662. The van der Waals surface area contributed by atoms with Crippen molar-refractivity contribution in [2.75, 3.05) is 31.6 Å². The summed E-state index contributed by atoms with van der Waals surface area (Å²) >= 11 is 0. The molecule has 0 saturated carbocycles. The van der Waals surface area contributed by atoms with E-state index in [-0.39, 0.29) is 35.8 Å². The van der Waals surface area contributed by atoms with Crippen molar-refractivity contribution in [3.05, 3.63) is 0 Å². The van der Waals surface area contributed by atoms with Gasteiger partial charge in [-0.25, -0.2) is 8.42 Å². The van der Waals surface area contributed by atoms with E-state index in [0.717, 1.165) is 0 Å². The molecule has 2 saturated heterocycles. The number of rotatable bonds is 3. The van der Waals surface area contributed by atoms with Crippen LogP contribution in [0, 0.1) is 5.92 Å². The summed E-state index contributed by atoms with van der Waals surface area (Å²) < 4.78 is 22.7. The van der Waals surface area contributed by atoms with E-state index in [4.69, 9.17) is 0 Å². The van der Waals surface area contributed by atoms with Crippen LogP contribution in [-0.4, -0.2) is 68.1 Å². The van der Waals surface area contributed by atoms with E-state index < -0.39 is 15.9 Å². The molecule has 2 fully saturated rings. The molecule has 1 unspecified atom stereocenters. The maximum absolute atomic E-state index is 12.0. The van der Waals surface area contributed by atoms with Gasteiger partial charge in [0, 0.05) is 26.6 Å². The predicted octanol–water partition coefficient (Wildman–Crippen LogP) is -1.40. The molecule has 0 aromatic carbocycles. The van der Waals surface area contributed by atoms with E-state index in [9.17, 15) is 18.3 Å². The molecule has 0 aromatic heterocycles. The van der Waals surface area contributed by atoms with Crippen LogP contribution in [-0.2, 0) is 14.6 Å². The normalized spacial score (nSPS) is 34.7. The summed E-state index contributed by atoms with van der Waals surface area (Å²) in [5.41, 5.74) is 0. The van der Waals surface area contributed by atoms with Gasteiger partial charge in [0.15, 0.2) is 9.84 Å². The first-order chi connectivity index (χ1) is 8.39. The number of aliphatic hydroxyl groups excluding tert-OH is 1. The van der Waals surface area contributed by atoms with E-state index >= 15 is 0 Å². The smallest absolute Gasteiger partial charge is 0.223 e. The van der Waals surface area contributed by atoms with Gasteiger partial charge in [0.25, 0.3) is 0 Å². The van der Waals surface area contributed by atoms with Gasteiger partial charge in [-0.15, -0.1) is 0 Å². The molecule has 0 bridgehead atoms. The number of β-amino-alcohol motifs (C(OH)–C–C–N with tert-alkyl or cyclic N) is 1. The summed E-state index contributed by atoms with van der Waals surface area (Å²) in [4.78, 5) is 13.6. The van der Waals surface area contributed by atoms with Gasteiger partial charge in [0.1, 0.15) is 0 Å². The molecule has 7 heteroatoms. The van der Waals surface area contributed by atoms with Gasteiger partial charge in [-0.05, 0) is 12.3 Å². The Labute approximate surface area is 107 Å². The zero-order valence-electron chi connectivity index (χ0n) is 10.5. The number of hydrogen-bond acceptors (Lipinski definition) is 5. The van der Waals surface area contributed by atoms with Crippen molar-refractivity contribution in [3.63, 3.8) is 0 Å². The number of nitrogens with one attached hydrogen (secondary N) is 1. The molecule has 2 N–H and O–H groups in total. The molecule has 0 aromatic rings. The third-order valence-electron chi connectivity index (χ3n) is 3.83. The second kappa shape index (κ2) is 5.14. The number of sulfone groups is 1. The zero-order chi connectivity index (χ0) is 13.3. The van der Waals surface area contributed by atoms with E-state index in [2.05, 4.69) is 5.32 Å². The maximum atomic E-state index is 12.0. The lowest BCUT2D eigenvalue weighted by Crippen LogP contribution is -2.44. The summed E-state index contributed by atoms with van der Waals surface area (Å²) in [6.07, 6.45) is 0.304. The molecule has 2 aliphatic heterocycles. The molecule has 0 radical (unpaired) electrons. The minimum atomic E-state index is -2.93. The fraction of sp³-hybridized carbons (Fsp3) is 0.909. The second-order valence-electron chi connectivity index (χ2n) is 5.27. The number of aliphatic hydroxyl groups is 1. The van der Waals surface area contributed by atoms with Gasteiger partial charge in [0.05, 0.1) is 23.7 Å². The zero-order valence-corrected chi connectivity index (χ0v) is 11.3. The van der Waals surface area contributed by atoms with Crippen molar-refractivity contribution in [2.45, 2.75) is 25.0 Å². The SMILES string of the molecule is CN(C(=O)CC1CCS(=O)(=O)C1)[C@@H]1CNC[C@H]1O. The van der Waals surface area contributed by atoms with Crippen LogP contribution in [0.2, 0.25) is 0 Å². The lowest BCUT2D eigenvalue weighted by atomic mass is 10.0. The minimum absolute atomic E-state index is 0.0588. The lowest BCUT2D eigenvalue weighted by Gasteiger charge is -2.27. The van der Waals surface area contributed by atoms with Gasteiger partial charge in [0.2, 0.25) is 5.91 Å². The highest BCUT2D eigenvalue weighted by Gasteiger charge is 2.34. The van der Waals surface area contributed by atoms with E-state index in [1.807, 2.05) is 0 Å². The Hall–Kier alpha value is -0.660. The Balaban J connectivity index is 1.88. The Morgan fingerprint density at radius 3 is 2.67 bits per heavy atom. The molecular weight excluding hydrogens is 256 g/mol. The van der Waals surface area contributed by atoms with E-state index in [1.165, 1.54) is 0 Å². The summed E-state index contributed by atoms with van der Waals surface area (Å²) in [7, 11) is -1.26. The second-order valence-corrected chi connectivity index (χ2v) is 7.50. The van der Waals surface area contributed by atoms with Crippen molar-refractivity contribution in [2.24, 2.45) is 5.92 Å². The lowest BCUT2D eigenvalue weighted by molar-refractivity contribution is -0.134. The molecule has 18 heavy (non-hydrogen) atoms. The van der Waals surface area contributed by atoms with Gasteiger partial charge < -0.3 is 15.3 Å². The largest absolute Gasteiger partial charge is 0.390 e. The van der Waals surface area contributed by atoms with Crippen molar-refractivity contribution in [3.8, 4) is 0 Å². The van der Waals surface area contributed by atoms with Crippen LogP contribution in [0.1, 0.15) is 12.8 Å². The third-order valence-corrected chi connectivity index (χ3v) is 5.67. The Morgan fingerprint density at radius 1 is 1.44 bits per heavy atom. The maximum Gasteiger partial charge on any atom is 0.223 e. The highest BCUT2D eigenvalue weighted by molar-refractivity contribution is 7.91. The van der Waals surface area contributed by atoms with Crippen LogP contribution < -0.4 is 5.32 Å². The highest BCUT2D eigenvalue weighted by Crippen LogP contribution is 2.23. The van der Waals surface area contributed by atoms with Gasteiger partial charge in [-0.3, -0.25) is 4.79 Å². The van der Waals surface area contributed by atoms with Crippen molar-refractivity contribution in [1.82, 2.24) is 10.2 Å². The van der Waals surface area contributed by atoms with Crippen LogP contribution in [0.5, 0.6) is 0 Å². The van der Waals surface area contributed by atoms with Crippen LogP contribution in [0.15, 0.2) is 0 Å². The van der Waals surface area contributed by atoms with Crippen molar-refractivity contribution in [1.29, 1.82) is 0 Å². The van der Waals surface area contributed by atoms with E-state index in [0.29, 0.717) is 19.5 Å². The van der Waals surface area contributed by atoms with Crippen LogP contribution in [0.3, 0.4) is 0 Å². The topological polar surface area (TPSA) is 86.7 Å². The van der Waals surface area contributed by atoms with Crippen LogP contribution in [0.4, 0.5) is 0 Å². The molecule has 104 valence electrons. The van der Waals surface area contributed by atoms with Crippen molar-refractivity contribution >= 4 is 15.7 Å². The predicted molar refractivity (Wildman–Crippen MR) is 66.8 cm³/mol. The fourth-order valence-corrected chi connectivity index (χ4v) is 4.52. The summed E-state index contributed by atoms with van der Waals surface area (Å²) in [5, 5.41) is 12.7.